The number of hydrogen-bond acceptors (Lipinski definition) is 2. The van der Waals surface area contributed by atoms with E-state index >= 15 is 0 Å². The Balaban J connectivity index is 1.93. The maximum absolute atomic E-state index is 11.7. The Morgan fingerprint density at radius 2 is 1.70 bits per heavy atom. The zero-order valence-electron chi connectivity index (χ0n) is 11.4. The highest BCUT2D eigenvalue weighted by molar-refractivity contribution is 6.30. The van der Waals surface area contributed by atoms with Crippen LogP contribution >= 0.6 is 11.6 Å². The molecule has 0 aromatic heterocycles. The molecule has 0 spiro atoms. The van der Waals surface area contributed by atoms with Crippen molar-refractivity contribution >= 4 is 17.4 Å². The molecule has 0 unspecified atom stereocenters. The van der Waals surface area contributed by atoms with Crippen molar-refractivity contribution in [3.63, 3.8) is 0 Å². The Bertz CT molecular complexity index is 559. The van der Waals surface area contributed by atoms with Crippen LogP contribution in [0, 0.1) is 0 Å². The molecule has 3 heteroatoms. The van der Waals surface area contributed by atoms with E-state index in [4.69, 9.17) is 16.3 Å². The smallest absolute Gasteiger partial charge is 0.162 e. The summed E-state index contributed by atoms with van der Waals surface area (Å²) >= 11 is 5.83. The molecule has 0 bridgehead atoms. The van der Waals surface area contributed by atoms with Crippen LogP contribution in [-0.2, 0) is 6.61 Å². The Morgan fingerprint density at radius 3 is 2.30 bits per heavy atom. The van der Waals surface area contributed by atoms with Crippen molar-refractivity contribution < 1.29 is 9.53 Å². The number of ketones is 1. The molecule has 0 saturated heterocycles. The van der Waals surface area contributed by atoms with Gasteiger partial charge in [-0.25, -0.2) is 0 Å². The first-order valence-corrected chi connectivity index (χ1v) is 7.07. The third-order valence-electron chi connectivity index (χ3n) is 2.97. The Labute approximate surface area is 124 Å². The van der Waals surface area contributed by atoms with Crippen LogP contribution in [-0.4, -0.2) is 5.78 Å². The van der Waals surface area contributed by atoms with E-state index in [0.717, 1.165) is 23.3 Å². The summed E-state index contributed by atoms with van der Waals surface area (Å²) in [6.07, 6.45) is 1.46. The fraction of sp³-hybridized carbons (Fsp3) is 0.235. The lowest BCUT2D eigenvalue weighted by Gasteiger charge is -2.07. The van der Waals surface area contributed by atoms with Gasteiger partial charge in [0, 0.05) is 17.0 Å². The molecule has 2 aromatic carbocycles. The molecule has 0 N–H and O–H groups in total. The molecule has 0 aliphatic heterocycles. The zero-order chi connectivity index (χ0) is 14.4. The van der Waals surface area contributed by atoms with Gasteiger partial charge in [-0.1, -0.05) is 30.7 Å². The predicted molar refractivity (Wildman–Crippen MR) is 81.5 cm³/mol. The van der Waals surface area contributed by atoms with Gasteiger partial charge in [0.2, 0.25) is 0 Å². The van der Waals surface area contributed by atoms with Gasteiger partial charge in [0.05, 0.1) is 0 Å². The summed E-state index contributed by atoms with van der Waals surface area (Å²) in [6, 6.07) is 14.8. The van der Waals surface area contributed by atoms with Gasteiger partial charge in [0.1, 0.15) is 12.4 Å². The highest BCUT2D eigenvalue weighted by Crippen LogP contribution is 2.16. The van der Waals surface area contributed by atoms with Gasteiger partial charge in [0.25, 0.3) is 0 Å². The normalized spacial score (nSPS) is 10.3. The molecule has 2 aromatic rings. The lowest BCUT2D eigenvalue weighted by atomic mass is 10.1. The fourth-order valence-corrected chi connectivity index (χ4v) is 1.98. The summed E-state index contributed by atoms with van der Waals surface area (Å²) in [7, 11) is 0. The quantitative estimate of drug-likeness (QED) is 0.707. The number of ether oxygens (including phenoxy) is 1. The Hall–Kier alpha value is -1.80. The van der Waals surface area contributed by atoms with Gasteiger partial charge >= 0.3 is 0 Å². The average molecular weight is 289 g/mol. The van der Waals surface area contributed by atoms with Crippen molar-refractivity contribution in [1.29, 1.82) is 0 Å². The number of rotatable bonds is 6. The van der Waals surface area contributed by atoms with Crippen LogP contribution in [0.5, 0.6) is 5.75 Å². The molecule has 0 saturated carbocycles. The van der Waals surface area contributed by atoms with Gasteiger partial charge in [-0.05, 0) is 48.4 Å². The minimum absolute atomic E-state index is 0.178. The average Bonchev–Trinajstić information content (AvgIpc) is 2.47. The van der Waals surface area contributed by atoms with Crippen molar-refractivity contribution in [3.8, 4) is 5.75 Å². The molecule has 0 atom stereocenters. The summed E-state index contributed by atoms with van der Waals surface area (Å²) in [5.74, 6) is 0.935. The van der Waals surface area contributed by atoms with E-state index in [1.54, 1.807) is 0 Å². The molecule has 0 aliphatic rings. The molecule has 0 amide bonds. The third-order valence-corrected chi connectivity index (χ3v) is 3.22. The second kappa shape index (κ2) is 7.11. The number of carbonyl (C=O) groups is 1. The van der Waals surface area contributed by atoms with E-state index in [0.29, 0.717) is 18.1 Å². The van der Waals surface area contributed by atoms with Crippen LogP contribution in [0.25, 0.3) is 0 Å². The number of Topliss-reactive ketones (excluding diaryl/α,β-unsaturated/α-hetero) is 1. The van der Waals surface area contributed by atoms with Gasteiger partial charge < -0.3 is 4.74 Å². The monoisotopic (exact) mass is 288 g/mol. The lowest BCUT2D eigenvalue weighted by Crippen LogP contribution is -1.99. The molecule has 2 nitrogen and oxygen atoms in total. The maximum Gasteiger partial charge on any atom is 0.162 e. The van der Waals surface area contributed by atoms with Gasteiger partial charge in [0.15, 0.2) is 5.78 Å². The summed E-state index contributed by atoms with van der Waals surface area (Å²) in [5.41, 5.74) is 1.80. The van der Waals surface area contributed by atoms with Crippen molar-refractivity contribution in [3.05, 3.63) is 64.7 Å². The van der Waals surface area contributed by atoms with Crippen LogP contribution in [0.2, 0.25) is 5.02 Å². The van der Waals surface area contributed by atoms with Crippen molar-refractivity contribution in [2.75, 3.05) is 0 Å². The van der Waals surface area contributed by atoms with E-state index in [2.05, 4.69) is 0 Å². The Kier molecular flexibility index (Phi) is 5.19. The van der Waals surface area contributed by atoms with Crippen LogP contribution in [0.4, 0.5) is 0 Å². The molecule has 20 heavy (non-hydrogen) atoms. The molecule has 0 radical (unpaired) electrons. The highest BCUT2D eigenvalue weighted by Gasteiger charge is 2.04. The molecule has 2 rings (SSSR count). The van der Waals surface area contributed by atoms with Crippen molar-refractivity contribution in [1.82, 2.24) is 0 Å². The highest BCUT2D eigenvalue weighted by atomic mass is 35.5. The fourth-order valence-electron chi connectivity index (χ4n) is 1.86. The summed E-state index contributed by atoms with van der Waals surface area (Å²) in [5, 5.41) is 0.715. The SMILES string of the molecule is CCCC(=O)c1ccc(OCc2ccc(Cl)cc2)cc1. The van der Waals surface area contributed by atoms with Crippen molar-refractivity contribution in [2.45, 2.75) is 26.4 Å². The third kappa shape index (κ3) is 4.10. The largest absolute Gasteiger partial charge is 0.489 e. The van der Waals surface area contributed by atoms with Gasteiger partial charge in [-0.15, -0.1) is 0 Å². The van der Waals surface area contributed by atoms with Crippen molar-refractivity contribution in [2.24, 2.45) is 0 Å². The lowest BCUT2D eigenvalue weighted by molar-refractivity contribution is 0.0981. The first kappa shape index (κ1) is 14.6. The molecular formula is C17H17ClO2. The number of carbonyl (C=O) groups excluding carboxylic acids is 1. The zero-order valence-corrected chi connectivity index (χ0v) is 12.2. The summed E-state index contributed by atoms with van der Waals surface area (Å²) in [6.45, 7) is 2.49. The van der Waals surface area contributed by atoms with E-state index in [1.165, 1.54) is 0 Å². The number of halogens is 1. The van der Waals surface area contributed by atoms with Gasteiger partial charge in [-0.3, -0.25) is 4.79 Å². The minimum Gasteiger partial charge on any atom is -0.489 e. The molecule has 0 heterocycles. The maximum atomic E-state index is 11.7. The van der Waals surface area contributed by atoms with Crippen LogP contribution in [0.3, 0.4) is 0 Å². The number of benzene rings is 2. The van der Waals surface area contributed by atoms with E-state index in [-0.39, 0.29) is 5.78 Å². The first-order chi connectivity index (χ1) is 9.69. The molecule has 104 valence electrons. The van der Waals surface area contributed by atoms with E-state index < -0.39 is 0 Å². The number of hydrogen-bond donors (Lipinski definition) is 0. The van der Waals surface area contributed by atoms with Gasteiger partial charge in [-0.2, -0.15) is 0 Å². The van der Waals surface area contributed by atoms with Crippen LogP contribution in [0.15, 0.2) is 48.5 Å². The van der Waals surface area contributed by atoms with Crippen LogP contribution < -0.4 is 4.74 Å². The summed E-state index contributed by atoms with van der Waals surface area (Å²) in [4.78, 5) is 11.7. The molecule has 0 aliphatic carbocycles. The topological polar surface area (TPSA) is 26.3 Å². The van der Waals surface area contributed by atoms with Crippen LogP contribution in [0.1, 0.15) is 35.7 Å². The second-order valence-corrected chi connectivity index (χ2v) is 5.05. The van der Waals surface area contributed by atoms with E-state index in [1.807, 2.05) is 55.5 Å². The molecule has 0 fully saturated rings. The minimum atomic E-state index is 0.178. The molecular weight excluding hydrogens is 272 g/mol. The Morgan fingerprint density at radius 1 is 1.05 bits per heavy atom. The summed E-state index contributed by atoms with van der Waals surface area (Å²) < 4.78 is 5.67. The predicted octanol–water partition coefficient (Wildman–Crippen LogP) is 4.90. The second-order valence-electron chi connectivity index (χ2n) is 4.61. The van der Waals surface area contributed by atoms with E-state index in [9.17, 15) is 4.79 Å². The standard InChI is InChI=1S/C17H17ClO2/c1-2-3-17(19)14-6-10-16(11-7-14)20-12-13-4-8-15(18)9-5-13/h4-11H,2-3,12H2,1H3. The first-order valence-electron chi connectivity index (χ1n) is 6.69.